The van der Waals surface area contributed by atoms with Crippen molar-refractivity contribution in [1.29, 1.82) is 0 Å². The van der Waals surface area contributed by atoms with Crippen molar-refractivity contribution in [1.82, 2.24) is 5.32 Å². The monoisotopic (exact) mass is 467 g/mol. The number of carbonyl (C=O) groups is 2. The molecule has 10 heteroatoms. The highest BCUT2D eigenvalue weighted by molar-refractivity contribution is 7.47. The van der Waals surface area contributed by atoms with Gasteiger partial charge < -0.3 is 20.1 Å². The first kappa shape index (κ1) is 30.0. The fraction of sp³-hybridized carbons (Fsp3) is 0.905. The number of hydrogen-bond acceptors (Lipinski definition) is 7. The molecule has 9 nitrogen and oxygen atoms in total. The molecule has 1 amide bonds. The first-order valence-electron chi connectivity index (χ1n) is 11.5. The van der Waals surface area contributed by atoms with Gasteiger partial charge in [-0.3, -0.25) is 18.6 Å². The minimum Gasteiger partial charge on any atom is -0.463 e. The summed E-state index contributed by atoms with van der Waals surface area (Å²) in [7, 11) is -4.36. The second kappa shape index (κ2) is 19.7. The molecule has 0 aromatic carbocycles. The zero-order chi connectivity index (χ0) is 23.4. The van der Waals surface area contributed by atoms with E-state index in [-0.39, 0.29) is 32.1 Å². The van der Waals surface area contributed by atoms with Gasteiger partial charge in [0.25, 0.3) is 0 Å². The molecule has 0 radical (unpaired) electrons. The Morgan fingerprint density at radius 3 is 2.10 bits per heavy atom. The van der Waals surface area contributed by atoms with Crippen LogP contribution < -0.4 is 5.32 Å². The van der Waals surface area contributed by atoms with E-state index >= 15 is 0 Å². The Morgan fingerprint density at radius 2 is 1.48 bits per heavy atom. The van der Waals surface area contributed by atoms with E-state index in [1.807, 2.05) is 6.92 Å². The van der Waals surface area contributed by atoms with E-state index < -0.39 is 26.5 Å². The van der Waals surface area contributed by atoms with Gasteiger partial charge in [0, 0.05) is 19.4 Å². The van der Waals surface area contributed by atoms with Crippen LogP contribution in [0.2, 0.25) is 0 Å². The normalized spacial score (nSPS) is 14.1. The number of phosphoric acid groups is 1. The molecule has 0 spiro atoms. The number of amides is 1. The van der Waals surface area contributed by atoms with E-state index in [1.54, 1.807) is 0 Å². The largest absolute Gasteiger partial charge is 0.472 e. The number of carbonyl (C=O) groups excluding carboxylic acids is 2. The van der Waals surface area contributed by atoms with Gasteiger partial charge in [-0.2, -0.15) is 0 Å². The lowest BCUT2D eigenvalue weighted by atomic mass is 10.1. The number of rotatable bonds is 21. The topological polar surface area (TPSA) is 131 Å². The molecule has 0 aliphatic rings. The van der Waals surface area contributed by atoms with Crippen LogP contribution in [0, 0.1) is 0 Å². The Labute approximate surface area is 186 Å². The smallest absolute Gasteiger partial charge is 0.463 e. The van der Waals surface area contributed by atoms with Gasteiger partial charge in [-0.15, -0.1) is 0 Å². The predicted molar refractivity (Wildman–Crippen MR) is 118 cm³/mol. The highest BCUT2D eigenvalue weighted by atomic mass is 31.2. The molecule has 2 atom stereocenters. The zero-order valence-electron chi connectivity index (χ0n) is 19.2. The van der Waals surface area contributed by atoms with Crippen molar-refractivity contribution in [2.45, 2.75) is 97.0 Å². The van der Waals surface area contributed by atoms with Gasteiger partial charge in [-0.1, -0.05) is 65.2 Å². The van der Waals surface area contributed by atoms with E-state index in [0.29, 0.717) is 12.8 Å². The number of esters is 1. The number of unbranched alkanes of at least 4 members (excludes halogenated alkanes) is 8. The van der Waals surface area contributed by atoms with Crippen LogP contribution in [0.4, 0.5) is 0 Å². The van der Waals surface area contributed by atoms with Crippen LogP contribution in [0.5, 0.6) is 0 Å². The van der Waals surface area contributed by atoms with E-state index in [1.165, 1.54) is 38.5 Å². The van der Waals surface area contributed by atoms with Crippen molar-refractivity contribution < 1.29 is 37.9 Å². The van der Waals surface area contributed by atoms with Gasteiger partial charge >= 0.3 is 13.8 Å². The van der Waals surface area contributed by atoms with Crippen molar-refractivity contribution in [3.8, 4) is 0 Å². The molecule has 0 saturated carbocycles. The molecule has 0 saturated heterocycles. The average molecular weight is 468 g/mol. The van der Waals surface area contributed by atoms with Crippen molar-refractivity contribution in [2.75, 3.05) is 26.4 Å². The lowest BCUT2D eigenvalue weighted by molar-refractivity contribution is -0.147. The fourth-order valence-electron chi connectivity index (χ4n) is 2.77. The summed E-state index contributed by atoms with van der Waals surface area (Å²) < 4.78 is 26.0. The summed E-state index contributed by atoms with van der Waals surface area (Å²) in [6.45, 7) is 3.11. The third-order valence-corrected chi connectivity index (χ3v) is 5.49. The molecule has 0 fully saturated rings. The predicted octanol–water partition coefficient (Wildman–Crippen LogP) is 3.86. The highest BCUT2D eigenvalue weighted by Gasteiger charge is 2.23. The van der Waals surface area contributed by atoms with Gasteiger partial charge in [-0.05, 0) is 12.8 Å². The van der Waals surface area contributed by atoms with Crippen molar-refractivity contribution in [2.24, 2.45) is 0 Å². The minimum absolute atomic E-state index is 0.0752. The number of phosphoric ester groups is 1. The van der Waals surface area contributed by atoms with Gasteiger partial charge in [0.05, 0.1) is 13.2 Å². The summed E-state index contributed by atoms with van der Waals surface area (Å²) in [6, 6.07) is 0. The number of aliphatic hydroxyl groups excluding tert-OH is 1. The van der Waals surface area contributed by atoms with Crippen LogP contribution in [-0.2, 0) is 27.9 Å². The first-order chi connectivity index (χ1) is 14.8. The zero-order valence-corrected chi connectivity index (χ0v) is 20.1. The molecule has 0 aromatic rings. The van der Waals surface area contributed by atoms with Crippen LogP contribution in [-0.4, -0.2) is 54.3 Å². The van der Waals surface area contributed by atoms with Crippen LogP contribution >= 0.6 is 7.82 Å². The second-order valence-corrected chi connectivity index (χ2v) is 9.07. The molecule has 184 valence electrons. The number of nitrogens with one attached hydrogen (secondary N) is 1. The first-order valence-corrected chi connectivity index (χ1v) is 13.0. The van der Waals surface area contributed by atoms with E-state index in [0.717, 1.165) is 19.3 Å². The fourth-order valence-corrected chi connectivity index (χ4v) is 3.53. The van der Waals surface area contributed by atoms with Crippen molar-refractivity contribution >= 4 is 19.7 Å². The lowest BCUT2D eigenvalue weighted by Gasteiger charge is -2.15. The van der Waals surface area contributed by atoms with Gasteiger partial charge in [0.1, 0.15) is 12.7 Å². The summed E-state index contributed by atoms with van der Waals surface area (Å²) in [5, 5.41) is 12.3. The van der Waals surface area contributed by atoms with Crippen LogP contribution in [0.25, 0.3) is 0 Å². The Kier molecular flexibility index (Phi) is 19.0. The lowest BCUT2D eigenvalue weighted by Crippen LogP contribution is -2.27. The van der Waals surface area contributed by atoms with Crippen molar-refractivity contribution in [3.05, 3.63) is 0 Å². The Hall–Kier alpha value is -0.990. The molecule has 0 heterocycles. The maximum Gasteiger partial charge on any atom is 0.472 e. The quantitative estimate of drug-likeness (QED) is 0.132. The molecule has 0 rings (SSSR count). The molecule has 0 bridgehead atoms. The summed E-state index contributed by atoms with van der Waals surface area (Å²) in [6.07, 6.45) is 10.5. The van der Waals surface area contributed by atoms with Gasteiger partial charge in [0.15, 0.2) is 0 Å². The summed E-state index contributed by atoms with van der Waals surface area (Å²) >= 11 is 0. The number of aliphatic hydroxyl groups is 1. The van der Waals surface area contributed by atoms with Crippen LogP contribution in [0.3, 0.4) is 0 Å². The Bertz CT molecular complexity index is 518. The SMILES string of the molecule is CCCCCCCCCCCC(=O)OCC(O)COP(=O)(O)OCCNC(=O)CCC. The molecule has 3 N–H and O–H groups in total. The van der Waals surface area contributed by atoms with E-state index in [4.69, 9.17) is 9.26 Å². The minimum atomic E-state index is -4.36. The maximum atomic E-state index is 11.7. The summed E-state index contributed by atoms with van der Waals surface area (Å²) in [5.41, 5.74) is 0. The molecule has 0 aliphatic carbocycles. The van der Waals surface area contributed by atoms with Crippen LogP contribution in [0.15, 0.2) is 0 Å². The number of hydrogen-bond donors (Lipinski definition) is 3. The third kappa shape index (κ3) is 20.7. The van der Waals surface area contributed by atoms with Gasteiger partial charge in [-0.25, -0.2) is 4.57 Å². The Balaban J connectivity index is 3.69. The second-order valence-electron chi connectivity index (χ2n) is 7.61. The molecule has 31 heavy (non-hydrogen) atoms. The third-order valence-electron chi connectivity index (χ3n) is 4.51. The molecular formula is C21H42NO8P. The van der Waals surface area contributed by atoms with E-state index in [9.17, 15) is 24.2 Å². The van der Waals surface area contributed by atoms with Crippen molar-refractivity contribution in [3.63, 3.8) is 0 Å². The molecule has 2 unspecified atom stereocenters. The summed E-state index contributed by atoms with van der Waals surface area (Å²) in [4.78, 5) is 32.5. The highest BCUT2D eigenvalue weighted by Crippen LogP contribution is 2.42. The number of ether oxygens (including phenoxy) is 1. The van der Waals surface area contributed by atoms with Gasteiger partial charge in [0.2, 0.25) is 5.91 Å². The summed E-state index contributed by atoms with van der Waals surface area (Å²) in [5.74, 6) is -0.576. The molecular weight excluding hydrogens is 425 g/mol. The molecule has 0 aromatic heterocycles. The standard InChI is InChI=1S/C21H42NO8P/c1-3-5-6-7-8-9-10-11-12-14-21(25)28-17-19(23)18-30-31(26,27)29-16-15-22-20(24)13-4-2/h19,23H,3-18H2,1-2H3,(H,22,24)(H,26,27). The maximum absolute atomic E-state index is 11.7. The van der Waals surface area contributed by atoms with E-state index in [2.05, 4.69) is 16.8 Å². The molecule has 0 aliphatic heterocycles. The average Bonchev–Trinajstić information content (AvgIpc) is 2.73. The Morgan fingerprint density at radius 1 is 0.871 bits per heavy atom. The van der Waals surface area contributed by atoms with Crippen LogP contribution in [0.1, 0.15) is 90.9 Å².